The summed E-state index contributed by atoms with van der Waals surface area (Å²) in [6.45, 7) is 4.41. The minimum absolute atomic E-state index is 0.157. The average Bonchev–Trinajstić information content (AvgIpc) is 2.36. The summed E-state index contributed by atoms with van der Waals surface area (Å²) >= 11 is 0. The van der Waals surface area contributed by atoms with E-state index < -0.39 is 0 Å². The minimum Gasteiger partial charge on any atom is -0.356 e. The van der Waals surface area contributed by atoms with Gasteiger partial charge in [-0.15, -0.1) is 6.58 Å². The number of carbonyl (C=O) groups is 1. The molecule has 2 heteroatoms. The van der Waals surface area contributed by atoms with Gasteiger partial charge in [0.15, 0.2) is 0 Å². The number of benzene rings is 1. The number of unbranched alkanes of at least 4 members (excludes halogenated alkanes) is 1. The molecule has 0 unspecified atom stereocenters. The summed E-state index contributed by atoms with van der Waals surface area (Å²) in [5, 5.41) is 2.92. The van der Waals surface area contributed by atoms with Crippen molar-refractivity contribution in [3.8, 4) is 0 Å². The first-order valence-corrected chi connectivity index (χ1v) is 6.24. The Bertz CT molecular complexity index is 332. The molecule has 1 amide bonds. The molecule has 0 saturated heterocycles. The van der Waals surface area contributed by atoms with Crippen LogP contribution in [0.1, 0.15) is 31.2 Å². The number of carbonyl (C=O) groups excluding carboxylic acids is 1. The van der Waals surface area contributed by atoms with Gasteiger partial charge >= 0.3 is 0 Å². The van der Waals surface area contributed by atoms with Crippen LogP contribution in [0.4, 0.5) is 0 Å². The molecular formula is C15H21NO. The first-order valence-electron chi connectivity index (χ1n) is 6.24. The van der Waals surface area contributed by atoms with Gasteiger partial charge in [-0.2, -0.15) is 0 Å². The largest absolute Gasteiger partial charge is 0.356 e. The second kappa shape index (κ2) is 8.57. The molecule has 0 bridgehead atoms. The first-order chi connectivity index (χ1) is 8.33. The topological polar surface area (TPSA) is 29.1 Å². The zero-order chi connectivity index (χ0) is 12.3. The molecule has 0 heterocycles. The third kappa shape index (κ3) is 6.56. The minimum atomic E-state index is 0.157. The van der Waals surface area contributed by atoms with Crippen molar-refractivity contribution in [3.63, 3.8) is 0 Å². The number of rotatable bonds is 8. The van der Waals surface area contributed by atoms with Gasteiger partial charge in [0.1, 0.15) is 0 Å². The van der Waals surface area contributed by atoms with Gasteiger partial charge in [0.2, 0.25) is 5.91 Å². The van der Waals surface area contributed by atoms with E-state index in [2.05, 4.69) is 24.0 Å². The highest BCUT2D eigenvalue weighted by Crippen LogP contribution is 2.04. The fourth-order valence-corrected chi connectivity index (χ4v) is 1.66. The fourth-order valence-electron chi connectivity index (χ4n) is 1.66. The summed E-state index contributed by atoms with van der Waals surface area (Å²) < 4.78 is 0. The number of aryl methyl sites for hydroxylation is 1. The van der Waals surface area contributed by atoms with E-state index in [0.29, 0.717) is 6.42 Å². The molecule has 1 aromatic rings. The van der Waals surface area contributed by atoms with Crippen LogP contribution in [0.15, 0.2) is 43.0 Å². The van der Waals surface area contributed by atoms with Crippen molar-refractivity contribution in [1.82, 2.24) is 5.32 Å². The molecule has 1 N–H and O–H groups in total. The Morgan fingerprint density at radius 3 is 2.71 bits per heavy atom. The standard InChI is InChI=1S/C15H21NO/c1-2-3-7-13-16-15(17)12-8-11-14-9-5-4-6-10-14/h2,4-6,9-10H,1,3,7-8,11-13H2,(H,16,17). The van der Waals surface area contributed by atoms with Crippen LogP contribution in [-0.4, -0.2) is 12.5 Å². The Kier molecular flexibility index (Phi) is 6.80. The molecule has 0 saturated carbocycles. The maximum absolute atomic E-state index is 11.5. The van der Waals surface area contributed by atoms with Crippen molar-refractivity contribution in [3.05, 3.63) is 48.6 Å². The van der Waals surface area contributed by atoms with E-state index in [-0.39, 0.29) is 5.91 Å². The lowest BCUT2D eigenvalue weighted by Gasteiger charge is -2.04. The van der Waals surface area contributed by atoms with Crippen molar-refractivity contribution < 1.29 is 4.79 Å². The second-order valence-corrected chi connectivity index (χ2v) is 4.12. The summed E-state index contributed by atoms with van der Waals surface area (Å²) in [4.78, 5) is 11.5. The van der Waals surface area contributed by atoms with Crippen molar-refractivity contribution in [2.75, 3.05) is 6.54 Å². The summed E-state index contributed by atoms with van der Waals surface area (Å²) in [7, 11) is 0. The molecule has 0 aliphatic heterocycles. The Labute approximate surface area is 104 Å². The van der Waals surface area contributed by atoms with Crippen LogP contribution < -0.4 is 5.32 Å². The van der Waals surface area contributed by atoms with Crippen LogP contribution in [0.25, 0.3) is 0 Å². The SMILES string of the molecule is C=CCCCNC(=O)CCCc1ccccc1. The molecule has 0 aromatic heterocycles. The third-order valence-corrected chi connectivity index (χ3v) is 2.62. The van der Waals surface area contributed by atoms with Gasteiger partial charge in [0, 0.05) is 13.0 Å². The lowest BCUT2D eigenvalue weighted by Crippen LogP contribution is -2.24. The lowest BCUT2D eigenvalue weighted by molar-refractivity contribution is -0.121. The van der Waals surface area contributed by atoms with E-state index in [1.807, 2.05) is 24.3 Å². The Morgan fingerprint density at radius 2 is 2.00 bits per heavy atom. The highest BCUT2D eigenvalue weighted by Gasteiger charge is 2.00. The van der Waals surface area contributed by atoms with E-state index in [4.69, 9.17) is 0 Å². The molecule has 0 aliphatic rings. The van der Waals surface area contributed by atoms with Crippen LogP contribution in [0.2, 0.25) is 0 Å². The number of hydrogen-bond donors (Lipinski definition) is 1. The van der Waals surface area contributed by atoms with Gasteiger partial charge in [-0.3, -0.25) is 4.79 Å². The van der Waals surface area contributed by atoms with E-state index in [0.717, 1.165) is 32.2 Å². The molecule has 0 atom stereocenters. The van der Waals surface area contributed by atoms with Crippen molar-refractivity contribution in [2.45, 2.75) is 32.1 Å². The highest BCUT2D eigenvalue weighted by atomic mass is 16.1. The summed E-state index contributed by atoms with van der Waals surface area (Å²) in [6.07, 6.45) is 6.32. The van der Waals surface area contributed by atoms with Gasteiger partial charge in [0.25, 0.3) is 0 Å². The van der Waals surface area contributed by atoms with Crippen LogP contribution in [0, 0.1) is 0 Å². The average molecular weight is 231 g/mol. The van der Waals surface area contributed by atoms with Gasteiger partial charge in [-0.05, 0) is 31.2 Å². The lowest BCUT2D eigenvalue weighted by atomic mass is 10.1. The monoisotopic (exact) mass is 231 g/mol. The number of allylic oxidation sites excluding steroid dienone is 1. The van der Waals surface area contributed by atoms with E-state index >= 15 is 0 Å². The number of hydrogen-bond acceptors (Lipinski definition) is 1. The number of amides is 1. The van der Waals surface area contributed by atoms with E-state index in [9.17, 15) is 4.79 Å². The summed E-state index contributed by atoms with van der Waals surface area (Å²) in [6, 6.07) is 10.3. The highest BCUT2D eigenvalue weighted by molar-refractivity contribution is 5.75. The fraction of sp³-hybridized carbons (Fsp3) is 0.400. The third-order valence-electron chi connectivity index (χ3n) is 2.62. The van der Waals surface area contributed by atoms with Crippen LogP contribution in [0.3, 0.4) is 0 Å². The molecular weight excluding hydrogens is 210 g/mol. The van der Waals surface area contributed by atoms with Crippen molar-refractivity contribution in [1.29, 1.82) is 0 Å². The predicted octanol–water partition coefficient (Wildman–Crippen LogP) is 3.09. The Balaban J connectivity index is 2.06. The molecule has 2 nitrogen and oxygen atoms in total. The molecule has 92 valence electrons. The summed E-state index contributed by atoms with van der Waals surface area (Å²) in [5.74, 6) is 0.157. The summed E-state index contributed by atoms with van der Waals surface area (Å²) in [5.41, 5.74) is 1.30. The first kappa shape index (κ1) is 13.5. The number of nitrogens with one attached hydrogen (secondary N) is 1. The zero-order valence-corrected chi connectivity index (χ0v) is 10.3. The molecule has 0 spiro atoms. The Hall–Kier alpha value is -1.57. The van der Waals surface area contributed by atoms with E-state index in [1.54, 1.807) is 0 Å². The van der Waals surface area contributed by atoms with Gasteiger partial charge in [0.05, 0.1) is 0 Å². The van der Waals surface area contributed by atoms with Crippen LogP contribution >= 0.6 is 0 Å². The molecule has 1 rings (SSSR count). The van der Waals surface area contributed by atoms with Crippen molar-refractivity contribution in [2.24, 2.45) is 0 Å². The van der Waals surface area contributed by atoms with Crippen LogP contribution in [0.5, 0.6) is 0 Å². The van der Waals surface area contributed by atoms with Gasteiger partial charge in [-0.25, -0.2) is 0 Å². The van der Waals surface area contributed by atoms with Crippen LogP contribution in [-0.2, 0) is 11.2 Å². The molecule has 0 radical (unpaired) electrons. The van der Waals surface area contributed by atoms with Gasteiger partial charge in [-0.1, -0.05) is 36.4 Å². The predicted molar refractivity (Wildman–Crippen MR) is 71.8 cm³/mol. The quantitative estimate of drug-likeness (QED) is 0.540. The second-order valence-electron chi connectivity index (χ2n) is 4.12. The Morgan fingerprint density at radius 1 is 1.24 bits per heavy atom. The van der Waals surface area contributed by atoms with Crippen molar-refractivity contribution >= 4 is 5.91 Å². The molecule has 0 fully saturated rings. The molecule has 1 aromatic carbocycles. The molecule has 17 heavy (non-hydrogen) atoms. The molecule has 0 aliphatic carbocycles. The van der Waals surface area contributed by atoms with E-state index in [1.165, 1.54) is 5.56 Å². The normalized spacial score (nSPS) is 9.88. The maximum atomic E-state index is 11.5. The zero-order valence-electron chi connectivity index (χ0n) is 10.3. The van der Waals surface area contributed by atoms with Gasteiger partial charge < -0.3 is 5.32 Å². The smallest absolute Gasteiger partial charge is 0.220 e. The maximum Gasteiger partial charge on any atom is 0.220 e.